The van der Waals surface area contributed by atoms with Gasteiger partial charge in [-0.2, -0.15) is 0 Å². The second kappa shape index (κ2) is 4.25. The number of carbonyl (C=O) groups is 2. The zero-order valence-corrected chi connectivity index (χ0v) is 10.8. The average molecular weight is 251 g/mol. The monoisotopic (exact) mass is 251 g/mol. The molecule has 0 aromatic rings. The normalized spacial score (nSPS) is 42.5. The van der Waals surface area contributed by atoms with Crippen LogP contribution in [0.1, 0.15) is 39.0 Å². The van der Waals surface area contributed by atoms with E-state index < -0.39 is 5.97 Å². The van der Waals surface area contributed by atoms with Crippen LogP contribution in [0.2, 0.25) is 0 Å². The lowest BCUT2D eigenvalue weighted by Gasteiger charge is -2.37. The Kier molecular flexibility index (Phi) is 2.83. The van der Waals surface area contributed by atoms with E-state index in [1.165, 1.54) is 19.3 Å². The second-order valence-electron chi connectivity index (χ2n) is 6.24. The minimum Gasteiger partial charge on any atom is -0.481 e. The quantitative estimate of drug-likeness (QED) is 0.813. The molecule has 0 aromatic heterocycles. The first-order chi connectivity index (χ1) is 8.59. The van der Waals surface area contributed by atoms with Gasteiger partial charge < -0.3 is 10.0 Å². The Morgan fingerprint density at radius 1 is 1.11 bits per heavy atom. The largest absolute Gasteiger partial charge is 0.481 e. The summed E-state index contributed by atoms with van der Waals surface area (Å²) in [5.41, 5.74) is 0. The first-order valence-electron chi connectivity index (χ1n) is 7.13. The van der Waals surface area contributed by atoms with Gasteiger partial charge in [0, 0.05) is 18.5 Å². The van der Waals surface area contributed by atoms with Crippen LogP contribution in [-0.2, 0) is 9.59 Å². The smallest absolute Gasteiger partial charge is 0.308 e. The molecule has 4 atom stereocenters. The van der Waals surface area contributed by atoms with Crippen molar-refractivity contribution in [2.75, 3.05) is 6.54 Å². The molecule has 2 saturated carbocycles. The van der Waals surface area contributed by atoms with Crippen LogP contribution in [0.4, 0.5) is 0 Å². The minimum absolute atomic E-state index is 0.217. The molecular weight excluding hydrogens is 230 g/mol. The van der Waals surface area contributed by atoms with Crippen LogP contribution >= 0.6 is 0 Å². The lowest BCUT2D eigenvalue weighted by molar-refractivity contribution is -0.147. The number of amides is 1. The molecule has 3 rings (SSSR count). The van der Waals surface area contributed by atoms with Gasteiger partial charge in [0.15, 0.2) is 0 Å². The molecule has 100 valence electrons. The number of carboxylic acid groups (broad SMARTS) is 1. The van der Waals surface area contributed by atoms with Crippen LogP contribution < -0.4 is 0 Å². The zero-order valence-electron chi connectivity index (χ0n) is 10.8. The number of carboxylic acids is 1. The number of likely N-dealkylation sites (tertiary alicyclic amines) is 1. The molecule has 3 aliphatic rings. The second-order valence-corrected chi connectivity index (χ2v) is 6.24. The summed E-state index contributed by atoms with van der Waals surface area (Å²) in [6.07, 6.45) is 5.20. The van der Waals surface area contributed by atoms with E-state index in [1.807, 2.05) is 11.8 Å². The van der Waals surface area contributed by atoms with Crippen molar-refractivity contribution in [3.05, 3.63) is 0 Å². The van der Waals surface area contributed by atoms with Crippen LogP contribution in [-0.4, -0.2) is 34.5 Å². The number of hydrogen-bond acceptors (Lipinski definition) is 2. The van der Waals surface area contributed by atoms with Crippen LogP contribution in [0, 0.1) is 23.7 Å². The third-order valence-corrected chi connectivity index (χ3v) is 5.21. The molecule has 0 aromatic carbocycles. The van der Waals surface area contributed by atoms with Gasteiger partial charge in [0.2, 0.25) is 5.91 Å². The number of fused-ring (bicyclic) bond motifs is 1. The molecule has 4 unspecified atom stereocenters. The maximum atomic E-state index is 12.5. The SMILES string of the molecule is CC1CCC(C(=O)O)CN1C(=O)C1C2CCCC21. The molecule has 0 spiro atoms. The molecule has 1 N–H and O–H groups in total. The lowest BCUT2D eigenvalue weighted by atomic mass is 9.92. The van der Waals surface area contributed by atoms with Gasteiger partial charge in [-0.1, -0.05) is 6.42 Å². The van der Waals surface area contributed by atoms with Crippen molar-refractivity contribution < 1.29 is 14.7 Å². The van der Waals surface area contributed by atoms with Crippen LogP contribution in [0.25, 0.3) is 0 Å². The number of carbonyl (C=O) groups excluding carboxylic acids is 1. The van der Waals surface area contributed by atoms with Gasteiger partial charge in [0.1, 0.15) is 0 Å². The fourth-order valence-corrected chi connectivity index (χ4v) is 3.99. The summed E-state index contributed by atoms with van der Waals surface area (Å²) >= 11 is 0. The van der Waals surface area contributed by atoms with E-state index in [-0.39, 0.29) is 23.8 Å². The summed E-state index contributed by atoms with van der Waals surface area (Å²) in [5.74, 6) is 0.598. The fraction of sp³-hybridized carbons (Fsp3) is 0.857. The molecule has 1 heterocycles. The van der Waals surface area contributed by atoms with Gasteiger partial charge in [-0.05, 0) is 44.4 Å². The van der Waals surface area contributed by atoms with E-state index in [4.69, 9.17) is 5.11 Å². The number of piperidine rings is 1. The summed E-state index contributed by atoms with van der Waals surface area (Å²) in [6.45, 7) is 2.47. The maximum absolute atomic E-state index is 12.5. The van der Waals surface area contributed by atoms with E-state index in [0.717, 1.165) is 6.42 Å². The highest BCUT2D eigenvalue weighted by atomic mass is 16.4. The molecule has 1 amide bonds. The summed E-state index contributed by atoms with van der Waals surface area (Å²) in [6, 6.07) is 0.217. The molecule has 2 aliphatic carbocycles. The van der Waals surface area contributed by atoms with Crippen molar-refractivity contribution in [3.8, 4) is 0 Å². The van der Waals surface area contributed by atoms with Crippen molar-refractivity contribution in [2.24, 2.45) is 23.7 Å². The topological polar surface area (TPSA) is 57.6 Å². The van der Waals surface area contributed by atoms with Gasteiger partial charge in [-0.15, -0.1) is 0 Å². The molecule has 3 fully saturated rings. The Balaban J connectivity index is 1.66. The zero-order chi connectivity index (χ0) is 12.9. The number of aliphatic carboxylic acids is 1. The van der Waals surface area contributed by atoms with Gasteiger partial charge in [0.05, 0.1) is 5.92 Å². The standard InChI is InChI=1S/C14H21NO3/c1-8-5-6-9(14(17)18)7-15(8)13(16)12-10-3-2-4-11(10)12/h8-12H,2-7H2,1H3,(H,17,18). The molecule has 18 heavy (non-hydrogen) atoms. The van der Waals surface area contributed by atoms with Gasteiger partial charge >= 0.3 is 5.97 Å². The molecule has 1 saturated heterocycles. The van der Waals surface area contributed by atoms with E-state index in [1.54, 1.807) is 0 Å². The third kappa shape index (κ3) is 1.82. The van der Waals surface area contributed by atoms with Gasteiger partial charge in [0.25, 0.3) is 0 Å². The number of nitrogens with zero attached hydrogens (tertiary/aromatic N) is 1. The van der Waals surface area contributed by atoms with Crippen LogP contribution in [0.5, 0.6) is 0 Å². The summed E-state index contributed by atoms with van der Waals surface area (Å²) < 4.78 is 0. The summed E-state index contributed by atoms with van der Waals surface area (Å²) in [4.78, 5) is 25.4. The van der Waals surface area contributed by atoms with E-state index in [9.17, 15) is 9.59 Å². The Morgan fingerprint density at radius 3 is 2.39 bits per heavy atom. The predicted molar refractivity (Wildman–Crippen MR) is 65.9 cm³/mol. The van der Waals surface area contributed by atoms with Crippen LogP contribution in [0.15, 0.2) is 0 Å². The lowest BCUT2D eigenvalue weighted by Crippen LogP contribution is -2.48. The highest BCUT2D eigenvalue weighted by Crippen LogP contribution is 2.58. The highest BCUT2D eigenvalue weighted by Gasteiger charge is 2.58. The van der Waals surface area contributed by atoms with Crippen molar-refractivity contribution >= 4 is 11.9 Å². The molecular formula is C14H21NO3. The van der Waals surface area contributed by atoms with Crippen molar-refractivity contribution in [3.63, 3.8) is 0 Å². The first-order valence-corrected chi connectivity index (χ1v) is 7.13. The van der Waals surface area contributed by atoms with Gasteiger partial charge in [-0.25, -0.2) is 0 Å². The molecule has 4 heteroatoms. The summed E-state index contributed by atoms with van der Waals surface area (Å²) in [7, 11) is 0. The van der Waals surface area contributed by atoms with E-state index in [2.05, 4.69) is 0 Å². The summed E-state index contributed by atoms with van der Waals surface area (Å²) in [5, 5.41) is 9.10. The van der Waals surface area contributed by atoms with Crippen molar-refractivity contribution in [1.29, 1.82) is 0 Å². The Bertz CT molecular complexity index is 371. The molecule has 1 aliphatic heterocycles. The Hall–Kier alpha value is -1.06. The Labute approximate surface area is 107 Å². The third-order valence-electron chi connectivity index (χ3n) is 5.21. The van der Waals surface area contributed by atoms with Crippen molar-refractivity contribution in [2.45, 2.75) is 45.1 Å². The van der Waals surface area contributed by atoms with Crippen molar-refractivity contribution in [1.82, 2.24) is 4.90 Å². The predicted octanol–water partition coefficient (Wildman–Crippen LogP) is 1.74. The molecule has 0 bridgehead atoms. The Morgan fingerprint density at radius 2 is 1.78 bits per heavy atom. The fourth-order valence-electron chi connectivity index (χ4n) is 3.99. The van der Waals surface area contributed by atoms with E-state index in [0.29, 0.717) is 24.8 Å². The highest BCUT2D eigenvalue weighted by molar-refractivity contribution is 5.83. The number of hydrogen-bond donors (Lipinski definition) is 1. The number of rotatable bonds is 2. The van der Waals surface area contributed by atoms with E-state index >= 15 is 0 Å². The minimum atomic E-state index is -0.754. The molecule has 4 nitrogen and oxygen atoms in total. The van der Waals surface area contributed by atoms with Crippen LogP contribution in [0.3, 0.4) is 0 Å². The molecule has 0 radical (unpaired) electrons. The first kappa shape index (κ1) is 12.0. The van der Waals surface area contributed by atoms with Gasteiger partial charge in [-0.3, -0.25) is 9.59 Å². The maximum Gasteiger partial charge on any atom is 0.308 e. The average Bonchev–Trinajstić information content (AvgIpc) is 2.82.